The van der Waals surface area contributed by atoms with Gasteiger partial charge in [-0.05, 0) is 63.7 Å². The van der Waals surface area contributed by atoms with Crippen molar-refractivity contribution in [1.82, 2.24) is 16.2 Å². The normalized spacial score (nSPS) is 14.0. The molecule has 182 valence electrons. The smallest absolute Gasteiger partial charge is 0.408 e. The van der Waals surface area contributed by atoms with Crippen molar-refractivity contribution in [2.75, 3.05) is 29.2 Å². The fourth-order valence-electron chi connectivity index (χ4n) is 3.19. The van der Waals surface area contributed by atoms with Crippen molar-refractivity contribution in [3.8, 4) is 0 Å². The Morgan fingerprint density at radius 1 is 1.15 bits per heavy atom. The molecule has 0 saturated carbocycles. The highest BCUT2D eigenvalue weighted by Crippen LogP contribution is 2.27. The molecule has 1 atom stereocenters. The lowest BCUT2D eigenvalue weighted by molar-refractivity contribution is -0.123. The van der Waals surface area contributed by atoms with E-state index in [9.17, 15) is 19.2 Å². The standard InChI is InChI=1S/C22H32N4O5S2/c1-22(2,3)31-20(29)23-16(11-13-32-4)19(28)24-25-21(30)33-14-18(27)26-12-7-9-15-8-5-6-10-17(15)26/h5-6,8,10,16H,7,9,11-14H2,1-4H3,(H,23,29)(H,24,28)(H,25,30)/t16-/m0/s1. The van der Waals surface area contributed by atoms with Crippen LogP contribution in [0, 0.1) is 0 Å². The number of thioether (sulfide) groups is 2. The summed E-state index contributed by atoms with van der Waals surface area (Å²) in [4.78, 5) is 51.0. The molecule has 9 nitrogen and oxygen atoms in total. The van der Waals surface area contributed by atoms with E-state index in [1.807, 2.05) is 30.5 Å². The van der Waals surface area contributed by atoms with Gasteiger partial charge in [-0.25, -0.2) is 4.79 Å². The molecule has 0 aromatic heterocycles. The maximum atomic E-state index is 12.6. The molecule has 0 bridgehead atoms. The van der Waals surface area contributed by atoms with Crippen LogP contribution in [0.5, 0.6) is 0 Å². The lowest BCUT2D eigenvalue weighted by Gasteiger charge is -2.29. The zero-order chi connectivity index (χ0) is 24.4. The minimum absolute atomic E-state index is 0.0535. The summed E-state index contributed by atoms with van der Waals surface area (Å²) in [6.45, 7) is 5.79. The minimum atomic E-state index is -0.871. The summed E-state index contributed by atoms with van der Waals surface area (Å²) in [5.41, 5.74) is 5.91. The Kier molecular flexibility index (Phi) is 10.4. The van der Waals surface area contributed by atoms with Crippen LogP contribution in [0.2, 0.25) is 0 Å². The first kappa shape index (κ1) is 26.8. The predicted molar refractivity (Wildman–Crippen MR) is 132 cm³/mol. The lowest BCUT2D eigenvalue weighted by atomic mass is 10.0. The number of nitrogens with zero attached hydrogens (tertiary/aromatic N) is 1. The Bertz CT molecular complexity index is 859. The van der Waals surface area contributed by atoms with Gasteiger partial charge in [0.05, 0.1) is 5.75 Å². The van der Waals surface area contributed by atoms with E-state index in [4.69, 9.17) is 4.74 Å². The zero-order valence-corrected chi connectivity index (χ0v) is 21.1. The Labute approximate surface area is 203 Å². The van der Waals surface area contributed by atoms with Crippen LogP contribution in [0.4, 0.5) is 15.3 Å². The first-order valence-electron chi connectivity index (χ1n) is 10.7. The van der Waals surface area contributed by atoms with Crippen molar-refractivity contribution in [2.24, 2.45) is 0 Å². The van der Waals surface area contributed by atoms with Crippen LogP contribution < -0.4 is 21.1 Å². The van der Waals surface area contributed by atoms with E-state index in [2.05, 4.69) is 16.2 Å². The number of benzene rings is 1. The molecule has 0 radical (unpaired) electrons. The summed E-state index contributed by atoms with van der Waals surface area (Å²) in [6, 6.07) is 6.87. The first-order chi connectivity index (χ1) is 15.6. The quantitative estimate of drug-likeness (QED) is 0.497. The lowest BCUT2D eigenvalue weighted by Crippen LogP contribution is -2.52. The number of carbonyl (C=O) groups excluding carboxylic acids is 4. The van der Waals surface area contributed by atoms with Crippen molar-refractivity contribution in [1.29, 1.82) is 0 Å². The molecule has 4 amide bonds. The summed E-state index contributed by atoms with van der Waals surface area (Å²) >= 11 is 2.30. The van der Waals surface area contributed by atoms with Gasteiger partial charge in [0, 0.05) is 12.2 Å². The number of aryl methyl sites for hydroxylation is 1. The molecular weight excluding hydrogens is 464 g/mol. The average Bonchev–Trinajstić information content (AvgIpc) is 2.76. The molecule has 1 aliphatic rings. The van der Waals surface area contributed by atoms with Crippen LogP contribution in [0.25, 0.3) is 0 Å². The van der Waals surface area contributed by atoms with Crippen molar-refractivity contribution < 1.29 is 23.9 Å². The molecule has 0 saturated heterocycles. The van der Waals surface area contributed by atoms with Crippen molar-refractivity contribution in [3.63, 3.8) is 0 Å². The van der Waals surface area contributed by atoms with E-state index < -0.39 is 28.9 Å². The van der Waals surface area contributed by atoms with Crippen LogP contribution >= 0.6 is 23.5 Å². The monoisotopic (exact) mass is 496 g/mol. The summed E-state index contributed by atoms with van der Waals surface area (Å²) in [5.74, 6) is -0.164. The molecule has 1 heterocycles. The molecule has 1 aliphatic heterocycles. The van der Waals surface area contributed by atoms with Gasteiger partial charge in [-0.3, -0.25) is 25.2 Å². The minimum Gasteiger partial charge on any atom is -0.444 e. The summed E-state index contributed by atoms with van der Waals surface area (Å²) in [7, 11) is 0. The van der Waals surface area contributed by atoms with Crippen LogP contribution in [-0.4, -0.2) is 59.1 Å². The van der Waals surface area contributed by atoms with Gasteiger partial charge in [-0.1, -0.05) is 30.0 Å². The molecule has 0 fully saturated rings. The molecule has 33 heavy (non-hydrogen) atoms. The Hall–Kier alpha value is -2.40. The highest BCUT2D eigenvalue weighted by Gasteiger charge is 2.25. The average molecular weight is 497 g/mol. The number of ether oxygens (including phenoxy) is 1. The maximum absolute atomic E-state index is 12.6. The van der Waals surface area contributed by atoms with Crippen molar-refractivity contribution >= 4 is 52.4 Å². The zero-order valence-electron chi connectivity index (χ0n) is 19.4. The SMILES string of the molecule is CSCC[C@H](NC(=O)OC(C)(C)C)C(=O)NNC(=O)SCC(=O)N1CCCc2ccccc21. The van der Waals surface area contributed by atoms with Crippen LogP contribution in [0.1, 0.15) is 39.2 Å². The number of hydrogen-bond donors (Lipinski definition) is 3. The predicted octanol–water partition coefficient (Wildman–Crippen LogP) is 3.09. The number of carbonyl (C=O) groups is 4. The Balaban J connectivity index is 1.82. The van der Waals surface area contributed by atoms with Crippen molar-refractivity contribution in [3.05, 3.63) is 29.8 Å². The van der Waals surface area contributed by atoms with Gasteiger partial charge in [0.2, 0.25) is 5.91 Å². The molecule has 1 aromatic carbocycles. The summed E-state index contributed by atoms with van der Waals surface area (Å²) < 4.78 is 5.20. The maximum Gasteiger partial charge on any atom is 0.408 e. The molecule has 0 spiro atoms. The first-order valence-corrected chi connectivity index (χ1v) is 13.1. The molecule has 11 heteroatoms. The number of hydrogen-bond acceptors (Lipinski definition) is 7. The van der Waals surface area contributed by atoms with E-state index in [-0.39, 0.29) is 11.7 Å². The number of amides is 4. The molecular formula is C22H32N4O5S2. The number of para-hydroxylation sites is 1. The molecule has 0 aliphatic carbocycles. The van der Waals surface area contributed by atoms with Crippen LogP contribution in [0.3, 0.4) is 0 Å². The van der Waals surface area contributed by atoms with Gasteiger partial charge >= 0.3 is 6.09 Å². The third kappa shape index (κ3) is 9.17. The van der Waals surface area contributed by atoms with Gasteiger partial charge in [-0.15, -0.1) is 0 Å². The third-order valence-electron chi connectivity index (χ3n) is 4.64. The highest BCUT2D eigenvalue weighted by molar-refractivity contribution is 8.14. The topological polar surface area (TPSA) is 117 Å². The van der Waals surface area contributed by atoms with E-state index in [0.29, 0.717) is 18.7 Å². The highest BCUT2D eigenvalue weighted by atomic mass is 32.2. The van der Waals surface area contributed by atoms with Gasteiger partial charge in [0.15, 0.2) is 0 Å². The molecule has 2 rings (SSSR count). The summed E-state index contributed by atoms with van der Waals surface area (Å²) in [5, 5.41) is 1.96. The Morgan fingerprint density at radius 3 is 2.58 bits per heavy atom. The summed E-state index contributed by atoms with van der Waals surface area (Å²) in [6.07, 6.45) is 3.34. The van der Waals surface area contributed by atoms with E-state index in [0.717, 1.165) is 35.9 Å². The van der Waals surface area contributed by atoms with Gasteiger partial charge in [0.1, 0.15) is 11.6 Å². The second kappa shape index (κ2) is 12.7. The number of hydrazine groups is 1. The van der Waals surface area contributed by atoms with Crippen LogP contribution in [-0.2, 0) is 20.7 Å². The fraction of sp³-hybridized carbons (Fsp3) is 0.545. The Morgan fingerprint density at radius 2 is 1.88 bits per heavy atom. The van der Waals surface area contributed by atoms with Crippen LogP contribution in [0.15, 0.2) is 24.3 Å². The van der Waals surface area contributed by atoms with E-state index >= 15 is 0 Å². The van der Waals surface area contributed by atoms with Gasteiger partial charge in [0.25, 0.3) is 11.1 Å². The van der Waals surface area contributed by atoms with Crippen molar-refractivity contribution in [2.45, 2.75) is 51.7 Å². The van der Waals surface area contributed by atoms with Gasteiger partial charge < -0.3 is 15.0 Å². The molecule has 3 N–H and O–H groups in total. The largest absolute Gasteiger partial charge is 0.444 e. The van der Waals surface area contributed by atoms with E-state index in [1.54, 1.807) is 25.7 Å². The number of anilines is 1. The number of alkyl carbamates (subject to hydrolysis) is 1. The van der Waals surface area contributed by atoms with E-state index in [1.165, 1.54) is 11.8 Å². The number of nitrogens with one attached hydrogen (secondary N) is 3. The van der Waals surface area contributed by atoms with Gasteiger partial charge in [-0.2, -0.15) is 11.8 Å². The molecule has 1 aromatic rings. The second-order valence-electron chi connectivity index (χ2n) is 8.45. The third-order valence-corrected chi connectivity index (χ3v) is 6.04. The molecule has 0 unspecified atom stereocenters. The fourth-order valence-corrected chi connectivity index (χ4v) is 4.19. The number of fused-ring (bicyclic) bond motifs is 1. The second-order valence-corrected chi connectivity index (χ2v) is 10.4. The number of rotatable bonds is 7.